The predicted molar refractivity (Wildman–Crippen MR) is 53.4 cm³/mol. The molecule has 0 aromatic carbocycles. The second-order valence-electron chi connectivity index (χ2n) is 3.27. The van der Waals surface area contributed by atoms with E-state index in [4.69, 9.17) is 4.74 Å². The molecule has 2 heteroatoms. The van der Waals surface area contributed by atoms with E-state index >= 15 is 0 Å². The van der Waals surface area contributed by atoms with Gasteiger partial charge in [-0.1, -0.05) is 26.7 Å². The zero-order valence-electron chi connectivity index (χ0n) is 8.73. The van der Waals surface area contributed by atoms with Crippen molar-refractivity contribution in [3.63, 3.8) is 0 Å². The molecule has 0 aliphatic heterocycles. The van der Waals surface area contributed by atoms with Gasteiger partial charge in [0.1, 0.15) is 0 Å². The third-order valence-electron chi connectivity index (χ3n) is 2.05. The normalized spacial score (nSPS) is 13.2. The maximum Gasteiger partial charge on any atom is 0.0502 e. The average molecular weight is 173 g/mol. The molecule has 0 aliphatic carbocycles. The molecule has 0 bridgehead atoms. The summed E-state index contributed by atoms with van der Waals surface area (Å²) in [6, 6.07) is 0. The number of rotatable bonds is 8. The van der Waals surface area contributed by atoms with Crippen molar-refractivity contribution in [3.05, 3.63) is 0 Å². The Bertz CT molecular complexity index is 77.9. The SMILES string of the molecule is CCCCC(CNCC)COC. The molecule has 0 aliphatic rings. The van der Waals surface area contributed by atoms with E-state index in [0.29, 0.717) is 5.92 Å². The van der Waals surface area contributed by atoms with Crippen molar-refractivity contribution in [3.8, 4) is 0 Å². The fourth-order valence-corrected chi connectivity index (χ4v) is 1.32. The van der Waals surface area contributed by atoms with E-state index in [0.717, 1.165) is 19.7 Å². The van der Waals surface area contributed by atoms with Crippen LogP contribution in [-0.2, 0) is 4.74 Å². The summed E-state index contributed by atoms with van der Waals surface area (Å²) >= 11 is 0. The van der Waals surface area contributed by atoms with Crippen LogP contribution in [0.2, 0.25) is 0 Å². The molecule has 0 aromatic rings. The van der Waals surface area contributed by atoms with Gasteiger partial charge in [-0.2, -0.15) is 0 Å². The van der Waals surface area contributed by atoms with Gasteiger partial charge in [0.15, 0.2) is 0 Å². The van der Waals surface area contributed by atoms with E-state index in [2.05, 4.69) is 19.2 Å². The van der Waals surface area contributed by atoms with Crippen LogP contribution >= 0.6 is 0 Å². The summed E-state index contributed by atoms with van der Waals surface area (Å²) < 4.78 is 5.16. The Hall–Kier alpha value is -0.0800. The standard InChI is InChI=1S/C10H23NO/c1-4-6-7-10(9-12-3)8-11-5-2/h10-11H,4-9H2,1-3H3. The third kappa shape index (κ3) is 6.62. The lowest BCUT2D eigenvalue weighted by molar-refractivity contribution is 0.145. The third-order valence-corrected chi connectivity index (χ3v) is 2.05. The summed E-state index contributed by atoms with van der Waals surface area (Å²) in [6.45, 7) is 7.43. The maximum absolute atomic E-state index is 5.16. The average Bonchev–Trinajstić information content (AvgIpc) is 2.10. The van der Waals surface area contributed by atoms with Gasteiger partial charge in [0, 0.05) is 13.7 Å². The molecular weight excluding hydrogens is 150 g/mol. The van der Waals surface area contributed by atoms with E-state index in [1.165, 1.54) is 19.3 Å². The van der Waals surface area contributed by atoms with Crippen LogP contribution in [0.15, 0.2) is 0 Å². The van der Waals surface area contributed by atoms with Crippen LogP contribution in [0, 0.1) is 5.92 Å². The summed E-state index contributed by atoms with van der Waals surface area (Å²) in [4.78, 5) is 0. The van der Waals surface area contributed by atoms with Gasteiger partial charge in [0.2, 0.25) is 0 Å². The van der Waals surface area contributed by atoms with Crippen molar-refractivity contribution in [2.24, 2.45) is 5.92 Å². The fourth-order valence-electron chi connectivity index (χ4n) is 1.32. The minimum absolute atomic E-state index is 0.704. The van der Waals surface area contributed by atoms with E-state index in [1.54, 1.807) is 7.11 Å². The second kappa shape index (κ2) is 9.01. The topological polar surface area (TPSA) is 21.3 Å². The summed E-state index contributed by atoms with van der Waals surface area (Å²) in [5.41, 5.74) is 0. The molecule has 1 atom stereocenters. The van der Waals surface area contributed by atoms with Crippen LogP contribution in [0.1, 0.15) is 33.1 Å². The largest absolute Gasteiger partial charge is 0.384 e. The smallest absolute Gasteiger partial charge is 0.0502 e. The molecule has 0 spiro atoms. The Morgan fingerprint density at radius 2 is 2.08 bits per heavy atom. The predicted octanol–water partition coefficient (Wildman–Crippen LogP) is 2.05. The lowest BCUT2D eigenvalue weighted by atomic mass is 10.0. The molecule has 12 heavy (non-hydrogen) atoms. The van der Waals surface area contributed by atoms with Crippen LogP contribution in [0.3, 0.4) is 0 Å². The van der Waals surface area contributed by atoms with Crippen molar-refractivity contribution in [1.82, 2.24) is 5.32 Å². The summed E-state index contributed by atoms with van der Waals surface area (Å²) in [5, 5.41) is 3.36. The highest BCUT2D eigenvalue weighted by molar-refractivity contribution is 4.60. The Morgan fingerprint density at radius 1 is 1.33 bits per heavy atom. The fraction of sp³-hybridized carbons (Fsp3) is 1.00. The zero-order chi connectivity index (χ0) is 9.23. The molecular formula is C10H23NO. The highest BCUT2D eigenvalue weighted by atomic mass is 16.5. The van der Waals surface area contributed by atoms with Crippen molar-refractivity contribution in [2.45, 2.75) is 33.1 Å². The number of ether oxygens (including phenoxy) is 1. The molecule has 0 fully saturated rings. The number of methoxy groups -OCH3 is 1. The lowest BCUT2D eigenvalue weighted by Gasteiger charge is -2.15. The quantitative estimate of drug-likeness (QED) is 0.606. The van der Waals surface area contributed by atoms with Gasteiger partial charge in [-0.3, -0.25) is 0 Å². The molecule has 1 unspecified atom stereocenters. The lowest BCUT2D eigenvalue weighted by Crippen LogP contribution is -2.25. The summed E-state index contributed by atoms with van der Waals surface area (Å²) in [7, 11) is 1.78. The Balaban J connectivity index is 3.40. The van der Waals surface area contributed by atoms with Crippen LogP contribution in [0.25, 0.3) is 0 Å². The first-order chi connectivity index (χ1) is 5.85. The van der Waals surface area contributed by atoms with Crippen LogP contribution in [-0.4, -0.2) is 26.8 Å². The number of hydrogen-bond acceptors (Lipinski definition) is 2. The number of unbranched alkanes of at least 4 members (excludes halogenated alkanes) is 1. The summed E-state index contributed by atoms with van der Waals surface area (Å²) in [6.07, 6.45) is 3.89. The van der Waals surface area contributed by atoms with E-state index in [9.17, 15) is 0 Å². The Kier molecular flexibility index (Phi) is 8.95. The summed E-state index contributed by atoms with van der Waals surface area (Å²) in [5.74, 6) is 0.704. The van der Waals surface area contributed by atoms with E-state index in [1.807, 2.05) is 0 Å². The molecule has 0 rings (SSSR count). The zero-order valence-corrected chi connectivity index (χ0v) is 8.73. The van der Waals surface area contributed by atoms with Gasteiger partial charge in [-0.25, -0.2) is 0 Å². The van der Waals surface area contributed by atoms with Gasteiger partial charge in [-0.05, 0) is 18.9 Å². The van der Waals surface area contributed by atoms with Crippen molar-refractivity contribution in [2.75, 3.05) is 26.8 Å². The van der Waals surface area contributed by atoms with Crippen molar-refractivity contribution < 1.29 is 4.74 Å². The van der Waals surface area contributed by atoms with Crippen molar-refractivity contribution >= 4 is 0 Å². The first-order valence-corrected chi connectivity index (χ1v) is 5.04. The maximum atomic E-state index is 5.16. The molecule has 0 heterocycles. The van der Waals surface area contributed by atoms with Gasteiger partial charge >= 0.3 is 0 Å². The molecule has 74 valence electrons. The van der Waals surface area contributed by atoms with Gasteiger partial charge in [0.25, 0.3) is 0 Å². The molecule has 0 saturated heterocycles. The van der Waals surface area contributed by atoms with Gasteiger partial charge in [-0.15, -0.1) is 0 Å². The highest BCUT2D eigenvalue weighted by Crippen LogP contribution is 2.07. The number of hydrogen-bond donors (Lipinski definition) is 1. The molecule has 1 N–H and O–H groups in total. The van der Waals surface area contributed by atoms with Crippen LogP contribution in [0.5, 0.6) is 0 Å². The van der Waals surface area contributed by atoms with Crippen molar-refractivity contribution in [1.29, 1.82) is 0 Å². The number of nitrogens with one attached hydrogen (secondary N) is 1. The second-order valence-corrected chi connectivity index (χ2v) is 3.27. The molecule has 0 radical (unpaired) electrons. The monoisotopic (exact) mass is 173 g/mol. The van der Waals surface area contributed by atoms with Crippen LogP contribution in [0.4, 0.5) is 0 Å². The minimum atomic E-state index is 0.704. The molecule has 0 saturated carbocycles. The van der Waals surface area contributed by atoms with Gasteiger partial charge in [0.05, 0.1) is 6.61 Å². The highest BCUT2D eigenvalue weighted by Gasteiger charge is 2.06. The van der Waals surface area contributed by atoms with Gasteiger partial charge < -0.3 is 10.1 Å². The molecule has 0 aromatic heterocycles. The Labute approximate surface area is 76.7 Å². The molecule has 0 amide bonds. The minimum Gasteiger partial charge on any atom is -0.384 e. The van der Waals surface area contributed by atoms with Crippen LogP contribution < -0.4 is 5.32 Å². The van der Waals surface area contributed by atoms with E-state index < -0.39 is 0 Å². The first kappa shape index (κ1) is 11.9. The first-order valence-electron chi connectivity index (χ1n) is 5.04. The van der Waals surface area contributed by atoms with E-state index in [-0.39, 0.29) is 0 Å². The molecule has 2 nitrogen and oxygen atoms in total. The Morgan fingerprint density at radius 3 is 2.58 bits per heavy atom.